The molecule has 0 aliphatic carbocycles. The number of carbonyl (C=O) groups excluding carboxylic acids is 2. The SMILES string of the molecule is CCC[CH2][Ti]([CH2]CCC)([CH2]CCC)[C](C)=O.C[C](=O)[Ti]([CH](C)C)([CH](C)C)[CH](C)C. The molecular formula is C25H54O2Ti2. The van der Waals surface area contributed by atoms with Gasteiger partial charge >= 0.3 is 192 Å². The second kappa shape index (κ2) is 16.4. The maximum atomic E-state index is 12.1. The van der Waals surface area contributed by atoms with Crippen molar-refractivity contribution < 1.29 is 42.8 Å². The van der Waals surface area contributed by atoms with Crippen LogP contribution in [0.15, 0.2) is 0 Å². The quantitative estimate of drug-likeness (QED) is 0.231. The molecule has 0 radical (unpaired) electrons. The Labute approximate surface area is 191 Å². The topological polar surface area (TPSA) is 34.1 Å². The Morgan fingerprint density at radius 3 is 0.966 bits per heavy atom. The Morgan fingerprint density at radius 1 is 0.586 bits per heavy atom. The van der Waals surface area contributed by atoms with E-state index in [9.17, 15) is 9.59 Å². The van der Waals surface area contributed by atoms with E-state index in [0.29, 0.717) is 20.8 Å². The van der Waals surface area contributed by atoms with Crippen molar-refractivity contribution >= 4 is 8.18 Å². The minimum atomic E-state index is -2.31. The fourth-order valence-electron chi connectivity index (χ4n) is 5.67. The van der Waals surface area contributed by atoms with E-state index in [4.69, 9.17) is 0 Å². The Kier molecular flexibility index (Phi) is 18.1. The predicted molar refractivity (Wildman–Crippen MR) is 126 cm³/mol. The third-order valence-electron chi connectivity index (χ3n) is 7.25. The normalized spacial score (nSPS) is 12.3. The van der Waals surface area contributed by atoms with Crippen LogP contribution in [0.2, 0.25) is 26.8 Å². The Balaban J connectivity index is 0. The fraction of sp³-hybridized carbons (Fsp3) is 0.920. The minimum absolute atomic E-state index is 0.528. The van der Waals surface area contributed by atoms with Crippen molar-refractivity contribution in [1.82, 2.24) is 0 Å². The summed E-state index contributed by atoms with van der Waals surface area (Å²) in [6, 6.07) is 0. The van der Waals surface area contributed by atoms with Gasteiger partial charge in [0, 0.05) is 0 Å². The molecule has 0 aliphatic heterocycles. The molecule has 0 amide bonds. The molecule has 0 N–H and O–H groups in total. The average molecular weight is 482 g/mol. The Bertz CT molecular complexity index is 412. The first-order valence-corrected chi connectivity index (χ1v) is 20.0. The summed E-state index contributed by atoms with van der Waals surface area (Å²) in [4.78, 5) is 23.9. The number of rotatable bonds is 14. The average Bonchev–Trinajstić information content (AvgIpc) is 2.60. The van der Waals surface area contributed by atoms with Gasteiger partial charge in [-0.15, -0.1) is 0 Å². The second-order valence-corrected chi connectivity index (χ2v) is 27.0. The van der Waals surface area contributed by atoms with Crippen molar-refractivity contribution in [3.8, 4) is 0 Å². The zero-order valence-electron chi connectivity index (χ0n) is 21.9. The van der Waals surface area contributed by atoms with Crippen LogP contribution in [0.5, 0.6) is 0 Å². The molecule has 0 aromatic heterocycles. The molecule has 0 aromatic carbocycles. The molecule has 29 heavy (non-hydrogen) atoms. The third kappa shape index (κ3) is 9.84. The van der Waals surface area contributed by atoms with Crippen LogP contribution in [0.25, 0.3) is 0 Å². The third-order valence-corrected chi connectivity index (χ3v) is 26.6. The zero-order valence-corrected chi connectivity index (χ0v) is 25.0. The summed E-state index contributed by atoms with van der Waals surface area (Å²) in [6.45, 7) is 23.9. The van der Waals surface area contributed by atoms with Crippen molar-refractivity contribution in [2.24, 2.45) is 0 Å². The van der Waals surface area contributed by atoms with Gasteiger partial charge < -0.3 is 0 Å². The van der Waals surface area contributed by atoms with Gasteiger partial charge in [0.05, 0.1) is 0 Å². The number of hydrogen-bond acceptors (Lipinski definition) is 2. The molecule has 4 heteroatoms. The second-order valence-electron chi connectivity index (χ2n) is 10.1. The van der Waals surface area contributed by atoms with Crippen LogP contribution in [0, 0.1) is 0 Å². The molecular weight excluding hydrogens is 428 g/mol. The fourth-order valence-corrected chi connectivity index (χ4v) is 23.4. The van der Waals surface area contributed by atoms with E-state index in [1.54, 1.807) is 0 Å². The van der Waals surface area contributed by atoms with E-state index in [1.807, 2.05) is 13.8 Å². The van der Waals surface area contributed by atoms with Crippen molar-refractivity contribution in [2.45, 2.75) is 142 Å². The van der Waals surface area contributed by atoms with Crippen LogP contribution in [0.3, 0.4) is 0 Å². The monoisotopic (exact) mass is 482 g/mol. The summed E-state index contributed by atoms with van der Waals surface area (Å²) in [5.74, 6) is 0. The van der Waals surface area contributed by atoms with Gasteiger partial charge in [0.15, 0.2) is 0 Å². The zero-order chi connectivity index (χ0) is 23.3. The van der Waals surface area contributed by atoms with Gasteiger partial charge in [0.2, 0.25) is 0 Å². The van der Waals surface area contributed by atoms with Crippen molar-refractivity contribution in [3.63, 3.8) is 0 Å². The molecule has 0 heterocycles. The van der Waals surface area contributed by atoms with E-state index in [1.165, 1.54) is 52.7 Å². The van der Waals surface area contributed by atoms with Gasteiger partial charge in [-0.05, 0) is 0 Å². The molecule has 0 rings (SSSR count). The van der Waals surface area contributed by atoms with Gasteiger partial charge in [-0.2, -0.15) is 0 Å². The Hall–Kier alpha value is 0.769. The maximum absolute atomic E-state index is 12.1. The first-order valence-electron chi connectivity index (χ1n) is 12.4. The number of unbranched alkanes of at least 4 members (excludes halogenated alkanes) is 3. The molecule has 0 fully saturated rings. The van der Waals surface area contributed by atoms with Crippen LogP contribution in [0.4, 0.5) is 0 Å². The molecule has 0 saturated carbocycles. The molecule has 0 aliphatic rings. The van der Waals surface area contributed by atoms with Crippen LogP contribution in [-0.4, -0.2) is 8.18 Å². The molecule has 0 atom stereocenters. The first kappa shape index (κ1) is 32.0. The predicted octanol–water partition coefficient (Wildman–Crippen LogP) is 9.51. The molecule has 0 unspecified atom stereocenters. The van der Waals surface area contributed by atoms with E-state index in [2.05, 4.69) is 62.3 Å². The molecule has 0 aromatic rings. The van der Waals surface area contributed by atoms with Crippen molar-refractivity contribution in [3.05, 3.63) is 0 Å². The molecule has 0 saturated heterocycles. The van der Waals surface area contributed by atoms with Crippen molar-refractivity contribution in [1.29, 1.82) is 0 Å². The van der Waals surface area contributed by atoms with Gasteiger partial charge in [-0.3, -0.25) is 0 Å². The summed E-state index contributed by atoms with van der Waals surface area (Å²) in [5, 5.41) is 0. The van der Waals surface area contributed by atoms with E-state index >= 15 is 0 Å². The summed E-state index contributed by atoms with van der Waals surface area (Å²) in [7, 11) is 0. The van der Waals surface area contributed by atoms with E-state index in [-0.39, 0.29) is 0 Å². The molecule has 174 valence electrons. The van der Waals surface area contributed by atoms with Crippen LogP contribution in [-0.2, 0) is 42.8 Å². The van der Waals surface area contributed by atoms with Gasteiger partial charge in [-0.1, -0.05) is 0 Å². The van der Waals surface area contributed by atoms with Gasteiger partial charge in [0.1, 0.15) is 0 Å². The van der Waals surface area contributed by atoms with Crippen molar-refractivity contribution in [2.75, 3.05) is 0 Å². The van der Waals surface area contributed by atoms with Gasteiger partial charge in [-0.25, -0.2) is 0 Å². The van der Waals surface area contributed by atoms with E-state index < -0.39 is 33.2 Å². The molecule has 0 spiro atoms. The first-order chi connectivity index (χ1) is 13.4. The number of hydrogen-bond donors (Lipinski definition) is 0. The van der Waals surface area contributed by atoms with Gasteiger partial charge in [0.25, 0.3) is 0 Å². The standard InChI is InChI=1S/3C4H9.3C3H7.2C2H3O.2Ti/c3*1-3-4-2;3*1-3-2;2*1-2-3;;/h3*1,3-4H2,2H3;3*3H,1-2H3;2*1H3;;. The van der Waals surface area contributed by atoms with Crippen LogP contribution in [0.1, 0.15) is 115 Å². The van der Waals surface area contributed by atoms with E-state index in [0.717, 1.165) is 0 Å². The summed E-state index contributed by atoms with van der Waals surface area (Å²) >= 11 is -4.44. The van der Waals surface area contributed by atoms with Crippen LogP contribution < -0.4 is 0 Å². The summed E-state index contributed by atoms with van der Waals surface area (Å²) in [5.41, 5.74) is 0. The summed E-state index contributed by atoms with van der Waals surface area (Å²) < 4.78 is 6.87. The van der Waals surface area contributed by atoms with Crippen LogP contribution >= 0.6 is 0 Å². The molecule has 2 nitrogen and oxygen atoms in total. The number of carbonyl (C=O) groups is 2. The summed E-state index contributed by atoms with van der Waals surface area (Å²) in [6.07, 6.45) is 7.60. The Morgan fingerprint density at radius 2 is 0.862 bits per heavy atom. The molecule has 0 bridgehead atoms.